The molecular weight excluding hydrogens is 157 g/mol. The van der Waals surface area contributed by atoms with E-state index in [1.807, 2.05) is 0 Å². The van der Waals surface area contributed by atoms with Crippen molar-refractivity contribution in [1.82, 2.24) is 4.67 Å². The highest BCUT2D eigenvalue weighted by Gasteiger charge is 2.21. The summed E-state index contributed by atoms with van der Waals surface area (Å²) < 4.78 is 2.34. The molecular formula is C8H20NOP. The molecule has 2 atom stereocenters. The molecule has 0 amide bonds. The minimum atomic E-state index is 0.871. The Morgan fingerprint density at radius 3 is 2.18 bits per heavy atom. The largest absolute Gasteiger partial charge is 0.400 e. The van der Waals surface area contributed by atoms with Crippen LogP contribution in [0.4, 0.5) is 0 Å². The number of rotatable bonds is 1. The lowest BCUT2D eigenvalue weighted by Crippen LogP contribution is -2.11. The first-order valence-electron chi connectivity index (χ1n) is 4.14. The summed E-state index contributed by atoms with van der Waals surface area (Å²) in [6.07, 6.45) is 1.39. The zero-order valence-corrected chi connectivity index (χ0v) is 8.90. The van der Waals surface area contributed by atoms with E-state index in [1.54, 1.807) is 0 Å². The van der Waals surface area contributed by atoms with Gasteiger partial charge in [-0.15, -0.1) is 0 Å². The first-order valence-corrected chi connectivity index (χ1v) is 4.66. The zero-order valence-electron chi connectivity index (χ0n) is 7.75. The highest BCUT2D eigenvalue weighted by molar-refractivity contribution is 7.13. The van der Waals surface area contributed by atoms with Gasteiger partial charge >= 0.3 is 0 Å². The van der Waals surface area contributed by atoms with Gasteiger partial charge in [0.25, 0.3) is 0 Å². The van der Waals surface area contributed by atoms with Gasteiger partial charge in [0.2, 0.25) is 0 Å². The van der Waals surface area contributed by atoms with Crippen molar-refractivity contribution in [2.24, 2.45) is 11.8 Å². The maximum Gasteiger partial charge on any atom is 0.0319 e. The highest BCUT2D eigenvalue weighted by atomic mass is 31.0. The number of nitrogens with zero attached hydrogens (tertiary/aromatic N) is 1. The van der Waals surface area contributed by atoms with Crippen LogP contribution in [0.25, 0.3) is 0 Å². The van der Waals surface area contributed by atoms with Gasteiger partial charge in [-0.3, -0.25) is 4.67 Å². The fourth-order valence-corrected chi connectivity index (χ4v) is 1.78. The lowest BCUT2D eigenvalue weighted by Gasteiger charge is -2.12. The Morgan fingerprint density at radius 1 is 1.45 bits per heavy atom. The Balaban J connectivity index is 0.000000461. The number of aliphatic hydroxyl groups is 1. The Kier molecular flexibility index (Phi) is 6.12. The predicted octanol–water partition coefficient (Wildman–Crippen LogP) is 1.36. The van der Waals surface area contributed by atoms with Gasteiger partial charge < -0.3 is 5.11 Å². The molecule has 1 heterocycles. The van der Waals surface area contributed by atoms with E-state index in [2.05, 4.69) is 27.9 Å². The van der Waals surface area contributed by atoms with Crippen LogP contribution in [0.2, 0.25) is 0 Å². The second-order valence-electron chi connectivity index (χ2n) is 3.29. The molecule has 1 saturated heterocycles. The summed E-state index contributed by atoms with van der Waals surface area (Å²) in [5, 5.41) is 7.00. The first-order chi connectivity index (χ1) is 5.20. The molecule has 68 valence electrons. The molecule has 0 aromatic carbocycles. The third kappa shape index (κ3) is 4.05. The average Bonchev–Trinajstić information content (AvgIpc) is 2.40. The van der Waals surface area contributed by atoms with E-state index in [-0.39, 0.29) is 0 Å². The van der Waals surface area contributed by atoms with Crippen LogP contribution in [-0.4, -0.2) is 30.0 Å². The molecule has 1 aliphatic rings. The number of aliphatic hydroxyl groups excluding tert-OH is 1. The molecule has 3 heteroatoms. The van der Waals surface area contributed by atoms with Gasteiger partial charge in [-0.05, 0) is 18.3 Å². The lowest BCUT2D eigenvalue weighted by molar-refractivity contribution is 0.399. The van der Waals surface area contributed by atoms with Crippen LogP contribution >= 0.6 is 9.39 Å². The third-order valence-electron chi connectivity index (χ3n) is 2.20. The summed E-state index contributed by atoms with van der Waals surface area (Å²) in [5.41, 5.74) is 0. The van der Waals surface area contributed by atoms with Gasteiger partial charge in [0.15, 0.2) is 0 Å². The molecule has 1 N–H and O–H groups in total. The van der Waals surface area contributed by atoms with Gasteiger partial charge in [0.1, 0.15) is 0 Å². The van der Waals surface area contributed by atoms with E-state index in [0.29, 0.717) is 0 Å². The van der Waals surface area contributed by atoms with Crippen molar-refractivity contribution < 1.29 is 5.11 Å². The van der Waals surface area contributed by atoms with Crippen molar-refractivity contribution in [3.63, 3.8) is 0 Å². The van der Waals surface area contributed by atoms with E-state index in [1.165, 1.54) is 19.5 Å². The van der Waals surface area contributed by atoms with Crippen molar-refractivity contribution in [3.05, 3.63) is 0 Å². The molecule has 0 aliphatic carbocycles. The molecule has 1 aliphatic heterocycles. The van der Waals surface area contributed by atoms with Crippen molar-refractivity contribution in [1.29, 1.82) is 0 Å². The molecule has 0 bridgehead atoms. The fraction of sp³-hybridized carbons (Fsp3) is 1.00. The molecule has 0 aromatic rings. The second kappa shape index (κ2) is 5.93. The summed E-state index contributed by atoms with van der Waals surface area (Å²) >= 11 is 0. The molecule has 1 fully saturated rings. The smallest absolute Gasteiger partial charge is 0.0319 e. The third-order valence-corrected chi connectivity index (χ3v) is 2.67. The van der Waals surface area contributed by atoms with Crippen LogP contribution in [0.1, 0.15) is 20.3 Å². The van der Waals surface area contributed by atoms with E-state index in [4.69, 9.17) is 5.11 Å². The van der Waals surface area contributed by atoms with Crippen LogP contribution < -0.4 is 0 Å². The van der Waals surface area contributed by atoms with Gasteiger partial charge in [-0.25, -0.2) is 0 Å². The van der Waals surface area contributed by atoms with Crippen molar-refractivity contribution in [2.75, 3.05) is 20.2 Å². The number of hydrogen-bond donors (Lipinski definition) is 1. The predicted molar refractivity (Wildman–Crippen MR) is 52.4 cm³/mol. The zero-order chi connectivity index (χ0) is 8.85. The second-order valence-corrected chi connectivity index (χ2v) is 4.02. The van der Waals surface area contributed by atoms with Crippen molar-refractivity contribution in [3.8, 4) is 0 Å². The van der Waals surface area contributed by atoms with E-state index >= 15 is 0 Å². The van der Waals surface area contributed by atoms with Crippen molar-refractivity contribution >= 4 is 9.39 Å². The van der Waals surface area contributed by atoms with Crippen LogP contribution in [0.3, 0.4) is 0 Å². The molecule has 0 spiro atoms. The molecule has 11 heavy (non-hydrogen) atoms. The SMILES string of the molecule is CC(C)C1CCN(P)C1.CO. The van der Waals surface area contributed by atoms with Crippen LogP contribution in [0.15, 0.2) is 0 Å². The standard InChI is InChI=1S/C7H16NP.CH4O/c1-6(2)7-3-4-8(9)5-7;1-2/h6-7H,3-5,9H2,1-2H3;2H,1H3. The topological polar surface area (TPSA) is 23.5 Å². The summed E-state index contributed by atoms with van der Waals surface area (Å²) in [7, 11) is 3.77. The molecule has 2 unspecified atom stereocenters. The van der Waals surface area contributed by atoms with Crippen LogP contribution in [0.5, 0.6) is 0 Å². The minimum Gasteiger partial charge on any atom is -0.400 e. The van der Waals surface area contributed by atoms with Crippen LogP contribution in [-0.2, 0) is 0 Å². The van der Waals surface area contributed by atoms with Gasteiger partial charge in [0.05, 0.1) is 0 Å². The maximum absolute atomic E-state index is 7.00. The van der Waals surface area contributed by atoms with E-state index < -0.39 is 0 Å². The molecule has 0 radical (unpaired) electrons. The quantitative estimate of drug-likeness (QED) is 0.611. The molecule has 2 nitrogen and oxygen atoms in total. The lowest BCUT2D eigenvalue weighted by atomic mass is 9.96. The first kappa shape index (κ1) is 11.4. The van der Waals surface area contributed by atoms with Gasteiger partial charge in [0, 0.05) is 20.2 Å². The summed E-state index contributed by atoms with van der Waals surface area (Å²) in [6, 6.07) is 0. The molecule has 0 saturated carbocycles. The van der Waals surface area contributed by atoms with Crippen molar-refractivity contribution in [2.45, 2.75) is 20.3 Å². The van der Waals surface area contributed by atoms with Crippen LogP contribution in [0, 0.1) is 11.8 Å². The average molecular weight is 177 g/mol. The molecule has 1 rings (SSSR count). The molecule has 0 aromatic heterocycles. The Bertz CT molecular complexity index is 98.1. The normalized spacial score (nSPS) is 25.1. The Hall–Kier alpha value is 0.350. The monoisotopic (exact) mass is 177 g/mol. The van der Waals surface area contributed by atoms with Gasteiger partial charge in [-0.2, -0.15) is 0 Å². The Labute approximate surface area is 72.2 Å². The fourth-order valence-electron chi connectivity index (χ4n) is 1.36. The minimum absolute atomic E-state index is 0.871. The van der Waals surface area contributed by atoms with E-state index in [9.17, 15) is 0 Å². The Morgan fingerprint density at radius 2 is 2.00 bits per heavy atom. The van der Waals surface area contributed by atoms with Gasteiger partial charge in [-0.1, -0.05) is 23.2 Å². The summed E-state index contributed by atoms with van der Waals surface area (Å²) in [5.74, 6) is 1.82. The number of hydrogen-bond acceptors (Lipinski definition) is 2. The maximum atomic E-state index is 7.00. The van der Waals surface area contributed by atoms with E-state index in [0.717, 1.165) is 18.9 Å². The highest BCUT2D eigenvalue weighted by Crippen LogP contribution is 2.25. The summed E-state index contributed by atoms with van der Waals surface area (Å²) in [4.78, 5) is 0. The summed E-state index contributed by atoms with van der Waals surface area (Å²) in [6.45, 7) is 7.18.